The zero-order chi connectivity index (χ0) is 13.9. The maximum absolute atomic E-state index is 12.2. The molecule has 19 heavy (non-hydrogen) atoms. The van der Waals surface area contributed by atoms with Gasteiger partial charge in [-0.2, -0.15) is 0 Å². The van der Waals surface area contributed by atoms with Gasteiger partial charge < -0.3 is 4.74 Å². The van der Waals surface area contributed by atoms with E-state index in [-0.39, 0.29) is 11.4 Å². The Morgan fingerprint density at radius 3 is 2.84 bits per heavy atom. The summed E-state index contributed by atoms with van der Waals surface area (Å²) in [6.07, 6.45) is 5.73. The number of carbonyl (C=O) groups is 1. The van der Waals surface area contributed by atoms with Crippen molar-refractivity contribution in [2.45, 2.75) is 25.0 Å². The first kappa shape index (κ1) is 14.7. The van der Waals surface area contributed by atoms with Gasteiger partial charge in [-0.05, 0) is 45.8 Å². The Morgan fingerprint density at radius 2 is 2.26 bits per heavy atom. The lowest BCUT2D eigenvalue weighted by Crippen LogP contribution is -2.18. The van der Waals surface area contributed by atoms with Gasteiger partial charge in [-0.3, -0.25) is 14.0 Å². The molecular formula is C13H16BrNO3S. The predicted molar refractivity (Wildman–Crippen MR) is 77.0 cm³/mol. The Labute approximate surface area is 123 Å². The molecule has 2 rings (SSSR count). The van der Waals surface area contributed by atoms with Crippen LogP contribution in [0.5, 0.6) is 0 Å². The van der Waals surface area contributed by atoms with Crippen LogP contribution in [0.3, 0.4) is 0 Å². The third-order valence-electron chi connectivity index (χ3n) is 3.26. The fraction of sp³-hybridized carbons (Fsp3) is 0.538. The van der Waals surface area contributed by atoms with Crippen LogP contribution < -0.4 is 0 Å². The molecule has 1 atom stereocenters. The third kappa shape index (κ3) is 4.38. The zero-order valence-corrected chi connectivity index (χ0v) is 13.1. The lowest BCUT2D eigenvalue weighted by atomic mass is 10.1. The largest absolute Gasteiger partial charge is 0.469 e. The quantitative estimate of drug-likeness (QED) is 0.743. The minimum Gasteiger partial charge on any atom is -0.469 e. The second kappa shape index (κ2) is 6.13. The molecule has 0 spiro atoms. The molecule has 0 saturated heterocycles. The highest BCUT2D eigenvalue weighted by molar-refractivity contribution is 9.10. The molecule has 1 aromatic heterocycles. The number of esters is 1. The summed E-state index contributed by atoms with van der Waals surface area (Å²) >= 11 is 3.35. The molecule has 1 aliphatic rings. The first-order valence-corrected chi connectivity index (χ1v) is 8.32. The first-order valence-electron chi connectivity index (χ1n) is 6.04. The topological polar surface area (TPSA) is 56.3 Å². The summed E-state index contributed by atoms with van der Waals surface area (Å²) < 4.78 is 17.7. The van der Waals surface area contributed by atoms with Crippen LogP contribution in [-0.2, 0) is 26.1 Å². The van der Waals surface area contributed by atoms with Crippen LogP contribution in [0, 0.1) is 5.41 Å². The summed E-state index contributed by atoms with van der Waals surface area (Å²) in [6, 6.07) is 1.92. The van der Waals surface area contributed by atoms with Crippen molar-refractivity contribution < 1.29 is 13.7 Å². The van der Waals surface area contributed by atoms with Crippen LogP contribution in [0.2, 0.25) is 0 Å². The van der Waals surface area contributed by atoms with E-state index in [0.29, 0.717) is 17.9 Å². The van der Waals surface area contributed by atoms with E-state index in [4.69, 9.17) is 0 Å². The van der Waals surface area contributed by atoms with E-state index < -0.39 is 10.8 Å². The van der Waals surface area contributed by atoms with Crippen LogP contribution in [0.1, 0.15) is 24.8 Å². The molecule has 0 aliphatic heterocycles. The van der Waals surface area contributed by atoms with Crippen molar-refractivity contribution in [2.75, 3.05) is 12.9 Å². The maximum Gasteiger partial charge on any atom is 0.306 e. The molecule has 1 aromatic rings. The summed E-state index contributed by atoms with van der Waals surface area (Å²) in [6.45, 7) is 0. The van der Waals surface area contributed by atoms with Crippen molar-refractivity contribution >= 4 is 32.7 Å². The third-order valence-corrected chi connectivity index (χ3v) is 5.28. The molecule has 1 saturated carbocycles. The summed E-state index contributed by atoms with van der Waals surface area (Å²) in [5, 5.41) is 0. The molecule has 0 bridgehead atoms. The monoisotopic (exact) mass is 345 g/mol. The number of pyridine rings is 1. The summed E-state index contributed by atoms with van der Waals surface area (Å²) in [4.78, 5) is 15.4. The fourth-order valence-electron chi connectivity index (χ4n) is 2.04. The Balaban J connectivity index is 1.89. The van der Waals surface area contributed by atoms with Crippen molar-refractivity contribution in [3.8, 4) is 0 Å². The summed E-state index contributed by atoms with van der Waals surface area (Å²) in [5.41, 5.74) is 0.860. The number of ether oxygens (including phenoxy) is 1. The van der Waals surface area contributed by atoms with Gasteiger partial charge in [-0.1, -0.05) is 0 Å². The van der Waals surface area contributed by atoms with E-state index in [1.165, 1.54) is 7.11 Å². The lowest BCUT2D eigenvalue weighted by molar-refractivity contribution is -0.141. The molecule has 0 amide bonds. The number of rotatable bonds is 6. The van der Waals surface area contributed by atoms with Gasteiger partial charge in [0.1, 0.15) is 0 Å². The summed E-state index contributed by atoms with van der Waals surface area (Å²) in [5.74, 6) is 0.836. The average molecular weight is 346 g/mol. The minimum atomic E-state index is -0.973. The lowest BCUT2D eigenvalue weighted by Gasteiger charge is -2.13. The van der Waals surface area contributed by atoms with E-state index in [1.54, 1.807) is 12.4 Å². The van der Waals surface area contributed by atoms with E-state index in [2.05, 4.69) is 25.7 Å². The zero-order valence-electron chi connectivity index (χ0n) is 10.7. The molecule has 1 fully saturated rings. The molecular weight excluding hydrogens is 330 g/mol. The highest BCUT2D eigenvalue weighted by atomic mass is 79.9. The number of hydrogen-bond donors (Lipinski definition) is 0. The molecule has 1 heterocycles. The van der Waals surface area contributed by atoms with Crippen LogP contribution in [0.4, 0.5) is 0 Å². The Hall–Kier alpha value is -0.750. The second-order valence-corrected chi connectivity index (χ2v) is 7.37. The van der Waals surface area contributed by atoms with Gasteiger partial charge in [0, 0.05) is 33.4 Å². The van der Waals surface area contributed by atoms with Gasteiger partial charge >= 0.3 is 5.97 Å². The number of carbonyl (C=O) groups excluding carboxylic acids is 1. The predicted octanol–water partition coefficient (Wildman–Crippen LogP) is 2.44. The van der Waals surface area contributed by atoms with Crippen molar-refractivity contribution in [3.63, 3.8) is 0 Å². The van der Waals surface area contributed by atoms with Crippen molar-refractivity contribution in [1.29, 1.82) is 0 Å². The Kier molecular flexibility index (Phi) is 4.73. The highest BCUT2D eigenvalue weighted by Gasteiger charge is 2.45. The highest BCUT2D eigenvalue weighted by Crippen LogP contribution is 2.49. The van der Waals surface area contributed by atoms with Crippen molar-refractivity contribution in [2.24, 2.45) is 5.41 Å². The van der Waals surface area contributed by atoms with E-state index in [9.17, 15) is 9.00 Å². The molecule has 0 N–H and O–H groups in total. The second-order valence-electron chi connectivity index (χ2n) is 4.99. The van der Waals surface area contributed by atoms with Crippen LogP contribution in [0.25, 0.3) is 0 Å². The maximum atomic E-state index is 12.2. The number of halogens is 1. The van der Waals surface area contributed by atoms with Crippen molar-refractivity contribution in [1.82, 2.24) is 4.98 Å². The fourth-order valence-corrected chi connectivity index (χ4v) is 4.16. The number of methoxy groups -OCH3 is 1. The van der Waals surface area contributed by atoms with E-state index >= 15 is 0 Å². The standard InChI is InChI=1S/C13H16BrNO3S/c1-18-12(16)5-13(2-3-13)9-19(17)8-10-4-11(14)7-15-6-10/h4,6-7H,2-3,5,8-9H2,1H3. The van der Waals surface area contributed by atoms with E-state index in [1.807, 2.05) is 6.07 Å². The molecule has 1 aliphatic carbocycles. The minimum absolute atomic E-state index is 0.0859. The van der Waals surface area contributed by atoms with Crippen LogP contribution in [0.15, 0.2) is 22.9 Å². The van der Waals surface area contributed by atoms with Gasteiger partial charge in [0.05, 0.1) is 19.3 Å². The molecule has 6 heteroatoms. The SMILES string of the molecule is COC(=O)CC1(CS(=O)Cc2cncc(Br)c2)CC1. The van der Waals surface area contributed by atoms with Gasteiger partial charge in [0.25, 0.3) is 0 Å². The number of nitrogens with zero attached hydrogens (tertiary/aromatic N) is 1. The summed E-state index contributed by atoms with van der Waals surface area (Å²) in [7, 11) is 0.418. The molecule has 0 radical (unpaired) electrons. The Bertz CT molecular complexity index is 502. The van der Waals surface area contributed by atoms with Crippen LogP contribution >= 0.6 is 15.9 Å². The van der Waals surface area contributed by atoms with Gasteiger partial charge in [-0.25, -0.2) is 0 Å². The average Bonchev–Trinajstić information content (AvgIpc) is 3.08. The molecule has 0 aromatic carbocycles. The molecule has 4 nitrogen and oxygen atoms in total. The Morgan fingerprint density at radius 1 is 1.53 bits per heavy atom. The normalized spacial score (nSPS) is 17.8. The van der Waals surface area contributed by atoms with Gasteiger partial charge in [0.2, 0.25) is 0 Å². The van der Waals surface area contributed by atoms with Crippen LogP contribution in [-0.4, -0.2) is 28.0 Å². The van der Waals surface area contributed by atoms with Crippen molar-refractivity contribution in [3.05, 3.63) is 28.5 Å². The first-order chi connectivity index (χ1) is 9.03. The number of hydrogen-bond acceptors (Lipinski definition) is 4. The molecule has 1 unspecified atom stereocenters. The number of aromatic nitrogens is 1. The van der Waals surface area contributed by atoms with E-state index in [0.717, 1.165) is 22.9 Å². The molecule has 104 valence electrons. The smallest absolute Gasteiger partial charge is 0.306 e. The van der Waals surface area contributed by atoms with Gasteiger partial charge in [0.15, 0.2) is 0 Å². The van der Waals surface area contributed by atoms with Gasteiger partial charge in [-0.15, -0.1) is 0 Å².